The Balaban J connectivity index is 2.19. The van der Waals surface area contributed by atoms with Crippen molar-refractivity contribution in [3.63, 3.8) is 0 Å². The standard InChI is InChI=1S/C17H14O4/c1-12(18)15(11-14-7-4-3-5-8-14)13(2)21-17(19)16-9-6-10-20-16/h3-11H,2H2,1H3/b15-11-. The van der Waals surface area contributed by atoms with Crippen LogP contribution in [0.5, 0.6) is 0 Å². The van der Waals surface area contributed by atoms with Gasteiger partial charge in [-0.15, -0.1) is 0 Å². The molecule has 0 unspecified atom stereocenters. The van der Waals surface area contributed by atoms with Crippen LogP contribution in [0.25, 0.3) is 6.08 Å². The van der Waals surface area contributed by atoms with Crippen LogP contribution >= 0.6 is 0 Å². The molecule has 2 aromatic rings. The van der Waals surface area contributed by atoms with Crippen molar-refractivity contribution in [1.82, 2.24) is 0 Å². The van der Waals surface area contributed by atoms with Gasteiger partial charge in [-0.1, -0.05) is 36.9 Å². The highest BCUT2D eigenvalue weighted by Crippen LogP contribution is 2.17. The Kier molecular flexibility index (Phi) is 4.51. The summed E-state index contributed by atoms with van der Waals surface area (Å²) in [6, 6.07) is 12.3. The maximum Gasteiger partial charge on any atom is 0.379 e. The molecule has 0 radical (unpaired) electrons. The molecule has 2 rings (SSSR count). The number of allylic oxidation sites excluding steroid dienone is 1. The van der Waals surface area contributed by atoms with Gasteiger partial charge in [0.1, 0.15) is 5.76 Å². The molecule has 0 amide bonds. The molecule has 0 N–H and O–H groups in total. The van der Waals surface area contributed by atoms with Gasteiger partial charge in [-0.25, -0.2) is 4.79 Å². The SMILES string of the molecule is C=C(OC(=O)c1ccco1)/C(=C\c1ccccc1)C(C)=O. The van der Waals surface area contributed by atoms with Crippen LogP contribution in [-0.4, -0.2) is 11.8 Å². The number of esters is 1. The minimum atomic E-state index is -0.690. The van der Waals surface area contributed by atoms with E-state index in [0.717, 1.165) is 5.56 Å². The predicted molar refractivity (Wildman–Crippen MR) is 78.4 cm³/mol. The van der Waals surface area contributed by atoms with Gasteiger partial charge < -0.3 is 9.15 Å². The van der Waals surface area contributed by atoms with E-state index < -0.39 is 5.97 Å². The molecular weight excluding hydrogens is 268 g/mol. The quantitative estimate of drug-likeness (QED) is 0.364. The van der Waals surface area contributed by atoms with Crippen molar-refractivity contribution >= 4 is 17.8 Å². The first-order valence-electron chi connectivity index (χ1n) is 6.30. The molecule has 0 atom stereocenters. The molecule has 4 heteroatoms. The van der Waals surface area contributed by atoms with E-state index in [1.54, 1.807) is 12.1 Å². The van der Waals surface area contributed by atoms with Gasteiger partial charge in [0.15, 0.2) is 5.78 Å². The lowest BCUT2D eigenvalue weighted by Crippen LogP contribution is -2.08. The van der Waals surface area contributed by atoms with Crippen molar-refractivity contribution in [3.8, 4) is 0 Å². The Labute approximate surface area is 122 Å². The van der Waals surface area contributed by atoms with Crippen LogP contribution < -0.4 is 0 Å². The lowest BCUT2D eigenvalue weighted by Gasteiger charge is -2.08. The van der Waals surface area contributed by atoms with E-state index in [4.69, 9.17) is 9.15 Å². The van der Waals surface area contributed by atoms with Gasteiger partial charge >= 0.3 is 5.97 Å². The van der Waals surface area contributed by atoms with Crippen LogP contribution in [0.1, 0.15) is 23.0 Å². The van der Waals surface area contributed by atoms with Crippen molar-refractivity contribution in [2.24, 2.45) is 0 Å². The monoisotopic (exact) mass is 282 g/mol. The van der Waals surface area contributed by atoms with Gasteiger partial charge in [0, 0.05) is 0 Å². The van der Waals surface area contributed by atoms with E-state index in [1.807, 2.05) is 30.3 Å². The fraction of sp³-hybridized carbons (Fsp3) is 0.0588. The predicted octanol–water partition coefficient (Wildman–Crippen LogP) is 3.62. The number of furan rings is 1. The first-order valence-corrected chi connectivity index (χ1v) is 6.30. The number of benzene rings is 1. The number of carbonyl (C=O) groups excluding carboxylic acids is 2. The van der Waals surface area contributed by atoms with E-state index in [1.165, 1.54) is 19.3 Å². The van der Waals surface area contributed by atoms with Gasteiger partial charge in [0.2, 0.25) is 5.76 Å². The smallest absolute Gasteiger partial charge is 0.379 e. The summed E-state index contributed by atoms with van der Waals surface area (Å²) >= 11 is 0. The number of carbonyl (C=O) groups is 2. The summed E-state index contributed by atoms with van der Waals surface area (Å²) in [6.07, 6.45) is 2.99. The molecule has 0 aliphatic heterocycles. The molecule has 0 fully saturated rings. The second kappa shape index (κ2) is 6.52. The number of Topliss-reactive ketones (excluding diaryl/α,β-unsaturated/α-hetero) is 1. The number of hydrogen-bond acceptors (Lipinski definition) is 4. The van der Waals surface area contributed by atoms with Crippen LogP contribution in [0.4, 0.5) is 0 Å². The first-order chi connectivity index (χ1) is 10.1. The summed E-state index contributed by atoms with van der Waals surface area (Å²) in [5, 5.41) is 0. The van der Waals surface area contributed by atoms with Crippen LogP contribution in [0, 0.1) is 0 Å². The summed E-state index contributed by atoms with van der Waals surface area (Å²) in [5.74, 6) is -0.882. The molecule has 4 nitrogen and oxygen atoms in total. The zero-order chi connectivity index (χ0) is 15.2. The number of rotatable bonds is 5. The minimum Gasteiger partial charge on any atom is -0.457 e. The molecule has 106 valence electrons. The Hall–Kier alpha value is -2.88. The average molecular weight is 282 g/mol. The Morgan fingerprint density at radius 2 is 1.86 bits per heavy atom. The Morgan fingerprint density at radius 1 is 1.14 bits per heavy atom. The molecule has 0 aliphatic rings. The lowest BCUT2D eigenvalue weighted by atomic mass is 10.1. The number of ether oxygens (including phenoxy) is 1. The minimum absolute atomic E-state index is 0.00671. The van der Waals surface area contributed by atoms with Crippen LogP contribution in [-0.2, 0) is 9.53 Å². The zero-order valence-corrected chi connectivity index (χ0v) is 11.5. The Morgan fingerprint density at radius 3 is 2.43 bits per heavy atom. The maximum atomic E-state index is 11.8. The molecule has 21 heavy (non-hydrogen) atoms. The summed E-state index contributed by atoms with van der Waals surface area (Å²) in [4.78, 5) is 23.5. The van der Waals surface area contributed by atoms with Crippen molar-refractivity contribution in [2.75, 3.05) is 0 Å². The van der Waals surface area contributed by atoms with Gasteiger partial charge in [-0.3, -0.25) is 4.79 Å². The molecule has 1 aromatic carbocycles. The lowest BCUT2D eigenvalue weighted by molar-refractivity contribution is -0.113. The molecule has 0 saturated carbocycles. The highest BCUT2D eigenvalue weighted by molar-refractivity contribution is 6.02. The third-order valence-corrected chi connectivity index (χ3v) is 2.73. The van der Waals surface area contributed by atoms with E-state index in [9.17, 15) is 9.59 Å². The van der Waals surface area contributed by atoms with Gasteiger partial charge in [-0.2, -0.15) is 0 Å². The maximum absolute atomic E-state index is 11.8. The van der Waals surface area contributed by atoms with Crippen molar-refractivity contribution in [3.05, 3.63) is 78.0 Å². The number of ketones is 1. The van der Waals surface area contributed by atoms with E-state index in [2.05, 4.69) is 6.58 Å². The normalized spacial score (nSPS) is 11.0. The molecule has 0 saturated heterocycles. The fourth-order valence-electron chi connectivity index (χ4n) is 1.71. The summed E-state index contributed by atoms with van der Waals surface area (Å²) in [6.45, 7) is 5.04. The van der Waals surface area contributed by atoms with Crippen molar-refractivity contribution in [1.29, 1.82) is 0 Å². The van der Waals surface area contributed by atoms with Crippen LogP contribution in [0.3, 0.4) is 0 Å². The third-order valence-electron chi connectivity index (χ3n) is 2.73. The van der Waals surface area contributed by atoms with Gasteiger partial charge in [-0.05, 0) is 30.7 Å². The summed E-state index contributed by atoms with van der Waals surface area (Å²) in [7, 11) is 0. The van der Waals surface area contributed by atoms with Gasteiger partial charge in [0.05, 0.1) is 11.8 Å². The van der Waals surface area contributed by atoms with Crippen molar-refractivity contribution < 1.29 is 18.7 Å². The van der Waals surface area contributed by atoms with Crippen LogP contribution in [0.2, 0.25) is 0 Å². The molecule has 0 aliphatic carbocycles. The fourth-order valence-corrected chi connectivity index (χ4v) is 1.71. The molecule has 1 heterocycles. The number of hydrogen-bond donors (Lipinski definition) is 0. The third kappa shape index (κ3) is 3.79. The highest BCUT2D eigenvalue weighted by atomic mass is 16.5. The topological polar surface area (TPSA) is 56.5 Å². The van der Waals surface area contributed by atoms with Crippen LogP contribution in [0.15, 0.2) is 71.1 Å². The second-order valence-corrected chi connectivity index (χ2v) is 4.31. The average Bonchev–Trinajstić information content (AvgIpc) is 2.99. The summed E-state index contributed by atoms with van der Waals surface area (Å²) in [5.41, 5.74) is 1.05. The first kappa shape index (κ1) is 14.5. The molecule has 1 aromatic heterocycles. The molecule has 0 spiro atoms. The van der Waals surface area contributed by atoms with E-state index in [-0.39, 0.29) is 22.9 Å². The largest absolute Gasteiger partial charge is 0.457 e. The van der Waals surface area contributed by atoms with Gasteiger partial charge in [0.25, 0.3) is 0 Å². The zero-order valence-electron chi connectivity index (χ0n) is 11.5. The molecular formula is C17H14O4. The van der Waals surface area contributed by atoms with Crippen molar-refractivity contribution in [2.45, 2.75) is 6.92 Å². The highest BCUT2D eigenvalue weighted by Gasteiger charge is 2.17. The second-order valence-electron chi connectivity index (χ2n) is 4.31. The Bertz CT molecular complexity index is 679. The summed E-state index contributed by atoms with van der Waals surface area (Å²) < 4.78 is 10.0. The molecule has 0 bridgehead atoms. The van der Waals surface area contributed by atoms with E-state index in [0.29, 0.717) is 0 Å². The van der Waals surface area contributed by atoms with E-state index >= 15 is 0 Å².